The van der Waals surface area contributed by atoms with E-state index in [0.717, 1.165) is 6.07 Å². The molecule has 1 aromatic rings. The molecule has 0 unspecified atom stereocenters. The molecule has 0 aliphatic heterocycles. The van der Waals surface area contributed by atoms with E-state index in [1.807, 2.05) is 6.92 Å². The van der Waals surface area contributed by atoms with Gasteiger partial charge in [-0.3, -0.25) is 4.79 Å². The molecule has 0 spiro atoms. The Balaban J connectivity index is 3.32. The summed E-state index contributed by atoms with van der Waals surface area (Å²) in [5.41, 5.74) is -0.196. The van der Waals surface area contributed by atoms with Gasteiger partial charge in [0.15, 0.2) is 0 Å². The first kappa shape index (κ1) is 10.8. The van der Waals surface area contributed by atoms with Gasteiger partial charge in [0.25, 0.3) is 0 Å². The number of aromatic nitrogens is 1. The summed E-state index contributed by atoms with van der Waals surface area (Å²) in [6.07, 6.45) is 1.46. The molecule has 1 rings (SSSR count). The van der Waals surface area contributed by atoms with Gasteiger partial charge in [0.05, 0.1) is 7.11 Å². The molecular formula is C8H12BNO4. The van der Waals surface area contributed by atoms with Crippen molar-refractivity contribution < 1.29 is 14.8 Å². The van der Waals surface area contributed by atoms with E-state index in [9.17, 15) is 4.79 Å². The summed E-state index contributed by atoms with van der Waals surface area (Å²) in [5, 5.41) is 17.9. The zero-order valence-electron chi connectivity index (χ0n) is 8.10. The molecule has 0 amide bonds. The van der Waals surface area contributed by atoms with E-state index in [1.54, 1.807) is 0 Å². The normalized spacial score (nSPS) is 10.0. The maximum atomic E-state index is 11.3. The Kier molecular flexibility index (Phi) is 3.32. The van der Waals surface area contributed by atoms with E-state index in [-0.39, 0.29) is 11.0 Å². The van der Waals surface area contributed by atoms with Crippen molar-refractivity contribution >= 4 is 12.6 Å². The van der Waals surface area contributed by atoms with Crippen LogP contribution >= 0.6 is 0 Å². The van der Waals surface area contributed by atoms with Crippen LogP contribution in [0.1, 0.15) is 6.92 Å². The molecule has 6 heteroatoms. The van der Waals surface area contributed by atoms with E-state index in [4.69, 9.17) is 14.8 Å². The van der Waals surface area contributed by atoms with Crippen LogP contribution in [-0.4, -0.2) is 28.8 Å². The fourth-order valence-electron chi connectivity index (χ4n) is 1.19. The van der Waals surface area contributed by atoms with Crippen LogP contribution in [0.15, 0.2) is 17.1 Å². The smallest absolute Gasteiger partial charge is 0.492 e. The molecular weight excluding hydrogens is 185 g/mol. The quantitative estimate of drug-likeness (QED) is 0.582. The second-order valence-corrected chi connectivity index (χ2v) is 2.80. The Morgan fingerprint density at radius 1 is 1.57 bits per heavy atom. The van der Waals surface area contributed by atoms with Gasteiger partial charge in [0, 0.05) is 24.3 Å². The Morgan fingerprint density at radius 3 is 2.64 bits per heavy atom. The first-order chi connectivity index (χ1) is 6.60. The molecule has 0 saturated heterocycles. The van der Waals surface area contributed by atoms with Gasteiger partial charge in [0.2, 0.25) is 5.56 Å². The monoisotopic (exact) mass is 197 g/mol. The molecule has 76 valence electrons. The summed E-state index contributed by atoms with van der Waals surface area (Å²) in [6.45, 7) is 2.33. The van der Waals surface area contributed by atoms with Crippen molar-refractivity contribution in [1.29, 1.82) is 0 Å². The van der Waals surface area contributed by atoms with Crippen molar-refractivity contribution in [3.8, 4) is 5.75 Å². The molecule has 2 N–H and O–H groups in total. The van der Waals surface area contributed by atoms with Gasteiger partial charge in [-0.25, -0.2) is 0 Å². The van der Waals surface area contributed by atoms with Gasteiger partial charge in [-0.2, -0.15) is 0 Å². The van der Waals surface area contributed by atoms with Gasteiger partial charge in [-0.05, 0) is 6.92 Å². The van der Waals surface area contributed by atoms with Gasteiger partial charge in [0.1, 0.15) is 5.75 Å². The Morgan fingerprint density at radius 2 is 2.21 bits per heavy atom. The summed E-state index contributed by atoms with van der Waals surface area (Å²) < 4.78 is 6.35. The van der Waals surface area contributed by atoms with Crippen molar-refractivity contribution in [2.24, 2.45) is 0 Å². The first-order valence-corrected chi connectivity index (χ1v) is 4.24. The fourth-order valence-corrected chi connectivity index (χ4v) is 1.19. The predicted octanol–water partition coefficient (Wildman–Crippen LogP) is -1.44. The molecule has 0 saturated carbocycles. The molecule has 0 fully saturated rings. The fraction of sp³-hybridized carbons (Fsp3) is 0.375. The summed E-state index contributed by atoms with van der Waals surface area (Å²) in [7, 11) is -0.282. The molecule has 0 aromatic carbocycles. The number of rotatable bonds is 3. The molecule has 0 radical (unpaired) electrons. The third-order valence-corrected chi connectivity index (χ3v) is 1.96. The minimum atomic E-state index is -1.69. The lowest BCUT2D eigenvalue weighted by Gasteiger charge is -2.09. The largest absolute Gasteiger partial charge is 0.496 e. The van der Waals surface area contributed by atoms with E-state index in [0.29, 0.717) is 12.3 Å². The minimum absolute atomic E-state index is 0.0854. The Bertz CT molecular complexity index is 374. The highest BCUT2D eigenvalue weighted by molar-refractivity contribution is 6.59. The lowest BCUT2D eigenvalue weighted by molar-refractivity contribution is 0.398. The summed E-state index contributed by atoms with van der Waals surface area (Å²) in [6, 6.07) is 1.16. The number of nitrogens with zero attached hydrogens (tertiary/aromatic N) is 1. The Labute approximate surface area is 81.7 Å². The number of hydrogen-bond donors (Lipinski definition) is 2. The van der Waals surface area contributed by atoms with Crippen LogP contribution < -0.4 is 15.8 Å². The van der Waals surface area contributed by atoms with Crippen LogP contribution in [0, 0.1) is 0 Å². The zero-order valence-corrected chi connectivity index (χ0v) is 8.10. The highest BCUT2D eigenvalue weighted by Crippen LogP contribution is 2.03. The Hall–Kier alpha value is -1.27. The van der Waals surface area contributed by atoms with Crippen molar-refractivity contribution in [2.45, 2.75) is 13.5 Å². The maximum Gasteiger partial charge on any atom is 0.492 e. The zero-order chi connectivity index (χ0) is 10.7. The number of pyridine rings is 1. The van der Waals surface area contributed by atoms with Crippen molar-refractivity contribution in [1.82, 2.24) is 4.57 Å². The SMILES string of the molecule is CCn1cc(OC)c(B(O)O)cc1=O. The standard InChI is InChI=1S/C8H12BNO4/c1-3-10-5-7(14-2)6(9(12)13)4-8(10)11/h4-5,12-13H,3H2,1-2H3. The molecule has 1 heterocycles. The minimum Gasteiger partial charge on any atom is -0.496 e. The van der Waals surface area contributed by atoms with E-state index < -0.39 is 7.12 Å². The van der Waals surface area contributed by atoms with Gasteiger partial charge in [-0.1, -0.05) is 0 Å². The molecule has 5 nitrogen and oxygen atoms in total. The van der Waals surface area contributed by atoms with Gasteiger partial charge >= 0.3 is 7.12 Å². The van der Waals surface area contributed by atoms with Crippen LogP contribution in [0.2, 0.25) is 0 Å². The number of methoxy groups -OCH3 is 1. The van der Waals surface area contributed by atoms with E-state index in [1.165, 1.54) is 17.9 Å². The predicted molar refractivity (Wildman–Crippen MR) is 52.8 cm³/mol. The molecule has 0 aliphatic carbocycles. The van der Waals surface area contributed by atoms with Crippen LogP contribution in [0.3, 0.4) is 0 Å². The molecule has 0 aliphatic rings. The van der Waals surface area contributed by atoms with Crippen LogP contribution in [0.5, 0.6) is 5.75 Å². The van der Waals surface area contributed by atoms with Gasteiger partial charge in [-0.15, -0.1) is 0 Å². The molecule has 0 bridgehead atoms. The van der Waals surface area contributed by atoms with Gasteiger partial charge < -0.3 is 19.4 Å². The average molecular weight is 197 g/mol. The van der Waals surface area contributed by atoms with Crippen molar-refractivity contribution in [2.75, 3.05) is 7.11 Å². The summed E-state index contributed by atoms with van der Waals surface area (Å²) in [5.74, 6) is 0.293. The third-order valence-electron chi connectivity index (χ3n) is 1.96. The third kappa shape index (κ3) is 1.97. The second-order valence-electron chi connectivity index (χ2n) is 2.80. The first-order valence-electron chi connectivity index (χ1n) is 4.24. The number of ether oxygens (including phenoxy) is 1. The second kappa shape index (κ2) is 4.30. The topological polar surface area (TPSA) is 71.7 Å². The maximum absolute atomic E-state index is 11.3. The van der Waals surface area contributed by atoms with Crippen LogP contribution in [0.4, 0.5) is 0 Å². The summed E-state index contributed by atoms with van der Waals surface area (Å²) >= 11 is 0. The number of aryl methyl sites for hydroxylation is 1. The molecule has 0 atom stereocenters. The lowest BCUT2D eigenvalue weighted by atomic mass is 9.80. The number of hydrogen-bond acceptors (Lipinski definition) is 4. The highest BCUT2D eigenvalue weighted by Gasteiger charge is 2.18. The highest BCUT2D eigenvalue weighted by atomic mass is 16.5. The molecule has 1 aromatic heterocycles. The van der Waals surface area contributed by atoms with Crippen molar-refractivity contribution in [3.63, 3.8) is 0 Å². The van der Waals surface area contributed by atoms with E-state index >= 15 is 0 Å². The van der Waals surface area contributed by atoms with Crippen molar-refractivity contribution in [3.05, 3.63) is 22.6 Å². The lowest BCUT2D eigenvalue weighted by Crippen LogP contribution is -2.36. The van der Waals surface area contributed by atoms with E-state index in [2.05, 4.69) is 0 Å². The van der Waals surface area contributed by atoms with Crippen LogP contribution in [0.25, 0.3) is 0 Å². The van der Waals surface area contributed by atoms with Crippen LogP contribution in [-0.2, 0) is 6.54 Å². The average Bonchev–Trinajstić information content (AvgIpc) is 2.17. The summed E-state index contributed by atoms with van der Waals surface area (Å²) in [4.78, 5) is 11.3. The molecule has 14 heavy (non-hydrogen) atoms.